The lowest BCUT2D eigenvalue weighted by atomic mass is 10.00. The van der Waals surface area contributed by atoms with Gasteiger partial charge in [-0.1, -0.05) is 57.8 Å². The molecule has 9 heteroatoms. The van der Waals surface area contributed by atoms with Gasteiger partial charge in [0.1, 0.15) is 0 Å². The van der Waals surface area contributed by atoms with Crippen LogP contribution < -0.4 is 10.6 Å². The predicted molar refractivity (Wildman–Crippen MR) is 145 cm³/mol. The fourth-order valence-corrected chi connectivity index (χ4v) is 3.94. The second-order valence-electron chi connectivity index (χ2n) is 8.56. The zero-order valence-corrected chi connectivity index (χ0v) is 22.1. The minimum Gasteiger partial charge on any atom is -0.402 e. The number of aromatic nitrogens is 2. The summed E-state index contributed by atoms with van der Waals surface area (Å²) in [5.74, 6) is 0.0743. The third-order valence-electron chi connectivity index (χ3n) is 5.59. The number of amides is 2. The first-order chi connectivity index (χ1) is 16.7. The number of thiazole rings is 1. The maximum Gasteiger partial charge on any atom is 0.253 e. The van der Waals surface area contributed by atoms with E-state index >= 15 is 0 Å². The number of benzene rings is 1. The summed E-state index contributed by atoms with van der Waals surface area (Å²) in [7, 11) is 1.83. The molecule has 1 aromatic carbocycles. The van der Waals surface area contributed by atoms with Crippen LogP contribution in [-0.4, -0.2) is 46.4 Å². The van der Waals surface area contributed by atoms with Crippen LogP contribution in [0.4, 0.5) is 5.13 Å². The summed E-state index contributed by atoms with van der Waals surface area (Å²) < 4.78 is 1.78. The van der Waals surface area contributed by atoms with Gasteiger partial charge in [0.2, 0.25) is 13.3 Å². The van der Waals surface area contributed by atoms with Gasteiger partial charge in [-0.2, -0.15) is 0 Å². The highest BCUT2D eigenvalue weighted by molar-refractivity contribution is 7.14. The average molecular weight is 495 g/mol. The van der Waals surface area contributed by atoms with Gasteiger partial charge in [0.15, 0.2) is 5.13 Å². The first-order valence-corrected chi connectivity index (χ1v) is 12.9. The quantitative estimate of drug-likeness (QED) is 0.345. The minimum atomic E-state index is -0.315. The van der Waals surface area contributed by atoms with Crippen molar-refractivity contribution < 1.29 is 14.7 Å². The Bertz CT molecular complexity index is 1070. The van der Waals surface area contributed by atoms with E-state index < -0.39 is 0 Å². The van der Waals surface area contributed by atoms with Crippen LogP contribution in [0.3, 0.4) is 0 Å². The van der Waals surface area contributed by atoms with Crippen LogP contribution >= 0.6 is 11.3 Å². The zero-order chi connectivity index (χ0) is 25.8. The molecule has 2 aromatic heterocycles. The number of carbonyl (C=O) groups is 2. The molecule has 0 saturated carbocycles. The van der Waals surface area contributed by atoms with Gasteiger partial charge in [-0.25, -0.2) is 4.98 Å². The van der Waals surface area contributed by atoms with Gasteiger partial charge in [0, 0.05) is 17.1 Å². The number of hydrogen-bond donors (Lipinski definition) is 3. The Morgan fingerprint density at radius 3 is 2.63 bits per heavy atom. The molecule has 35 heavy (non-hydrogen) atoms. The fraction of sp³-hybridized carbons (Fsp3) is 0.423. The summed E-state index contributed by atoms with van der Waals surface area (Å²) >= 11 is 1.35. The van der Waals surface area contributed by atoms with E-state index in [2.05, 4.69) is 29.5 Å². The van der Waals surface area contributed by atoms with Gasteiger partial charge in [-0.05, 0) is 44.0 Å². The highest BCUT2D eigenvalue weighted by atomic mass is 32.1. The number of hydrogen-bond acceptors (Lipinski definition) is 5. The van der Waals surface area contributed by atoms with Crippen molar-refractivity contribution in [1.82, 2.24) is 14.8 Å². The van der Waals surface area contributed by atoms with E-state index in [0.29, 0.717) is 16.6 Å². The summed E-state index contributed by atoms with van der Waals surface area (Å²) in [6, 6.07) is 9.71. The van der Waals surface area contributed by atoms with Crippen molar-refractivity contribution in [3.05, 3.63) is 59.2 Å². The Morgan fingerprint density at radius 1 is 1.23 bits per heavy atom. The molecule has 3 aromatic rings. The molecule has 0 bridgehead atoms. The van der Waals surface area contributed by atoms with E-state index in [4.69, 9.17) is 5.11 Å². The summed E-state index contributed by atoms with van der Waals surface area (Å²) in [5.41, 5.74) is 3.48. The maximum absolute atomic E-state index is 12.0. The van der Waals surface area contributed by atoms with Crippen LogP contribution in [0, 0.1) is 12.8 Å². The maximum atomic E-state index is 12.0. The largest absolute Gasteiger partial charge is 0.402 e. The summed E-state index contributed by atoms with van der Waals surface area (Å²) in [4.78, 5) is 28.5. The summed E-state index contributed by atoms with van der Waals surface area (Å²) in [5, 5.41) is 16.9. The van der Waals surface area contributed by atoms with Crippen molar-refractivity contribution in [3.8, 4) is 11.3 Å². The normalized spacial score (nSPS) is 12.2. The second-order valence-corrected chi connectivity index (χ2v) is 9.41. The molecule has 2 unspecified atom stereocenters. The first kappa shape index (κ1) is 28.3. The van der Waals surface area contributed by atoms with E-state index in [1.54, 1.807) is 22.9 Å². The molecule has 0 aliphatic rings. The molecule has 0 spiro atoms. The molecule has 7 nitrogen and oxygen atoms in total. The number of nitrogens with zero attached hydrogens (tertiary/aromatic N) is 2. The fourth-order valence-electron chi connectivity index (χ4n) is 3.20. The highest BCUT2D eigenvalue weighted by Crippen LogP contribution is 2.25. The third kappa shape index (κ3) is 9.70. The number of anilines is 1. The molecule has 0 aliphatic heterocycles. The van der Waals surface area contributed by atoms with E-state index in [1.165, 1.54) is 17.8 Å². The van der Waals surface area contributed by atoms with Gasteiger partial charge >= 0.3 is 0 Å². The number of aliphatic hydroxyl groups is 1. The number of aliphatic hydroxyl groups excluding tert-OH is 1. The van der Waals surface area contributed by atoms with E-state index in [-0.39, 0.29) is 24.5 Å². The number of aryl methyl sites for hydroxylation is 1. The van der Waals surface area contributed by atoms with Crippen molar-refractivity contribution in [2.24, 2.45) is 5.92 Å². The third-order valence-corrected chi connectivity index (χ3v) is 6.35. The van der Waals surface area contributed by atoms with E-state index in [9.17, 15) is 9.59 Å². The Kier molecular flexibility index (Phi) is 11.7. The number of carbonyl (C=O) groups excluding carboxylic acids is 2. The molecular formula is C26H36BN4O3S. The molecule has 187 valence electrons. The first-order valence-electron chi connectivity index (χ1n) is 12.0. The molecule has 2 atom stereocenters. The van der Waals surface area contributed by atoms with Crippen LogP contribution in [0.5, 0.6) is 0 Å². The van der Waals surface area contributed by atoms with Crippen molar-refractivity contribution in [3.63, 3.8) is 0 Å². The van der Waals surface area contributed by atoms with E-state index in [0.717, 1.165) is 29.7 Å². The molecule has 0 saturated heterocycles. The monoisotopic (exact) mass is 495 g/mol. The van der Waals surface area contributed by atoms with Gasteiger partial charge in [-0.3, -0.25) is 9.59 Å². The van der Waals surface area contributed by atoms with E-state index in [1.807, 2.05) is 57.7 Å². The standard InChI is InChI=1S/C18H18BN4O2S.C8H18O/c1-12-4-3-5-13(8-12)15-11-26-18(21-15)22-16(24)9-20-17(25)14-6-7-23(10-14)19-2;1-4-7(3)6-8(9)5-2/h3-8,10-11H,9H2,1-2H3,(H,20,25)(H,21,22,24);7-9H,4-6H2,1-3H3. The lowest BCUT2D eigenvalue weighted by molar-refractivity contribution is -0.115. The van der Waals surface area contributed by atoms with Crippen molar-refractivity contribution in [1.29, 1.82) is 0 Å². The minimum absolute atomic E-state index is 0.0695. The van der Waals surface area contributed by atoms with Crippen LogP contribution in [0.15, 0.2) is 48.1 Å². The highest BCUT2D eigenvalue weighted by Gasteiger charge is 2.11. The molecule has 3 N–H and O–H groups in total. The number of rotatable bonds is 10. The van der Waals surface area contributed by atoms with Gasteiger partial charge in [-0.15, -0.1) is 11.3 Å². The summed E-state index contributed by atoms with van der Waals surface area (Å²) in [6.45, 7) is 10.1. The van der Waals surface area contributed by atoms with Crippen molar-refractivity contribution in [2.45, 2.75) is 59.9 Å². The van der Waals surface area contributed by atoms with Crippen LogP contribution in [0.2, 0.25) is 6.82 Å². The molecule has 2 heterocycles. The molecule has 2 amide bonds. The van der Waals surface area contributed by atoms with Crippen molar-refractivity contribution in [2.75, 3.05) is 11.9 Å². The average Bonchev–Trinajstić information content (AvgIpc) is 3.52. The SMILES string of the molecule is CCC(C)CC(O)CC.C[B]n1ccc(C(=O)NCC(=O)Nc2nc(-c3cccc(C)c3)cs2)c1. The number of nitrogens with one attached hydrogen (secondary N) is 2. The molecule has 0 fully saturated rings. The topological polar surface area (TPSA) is 96.3 Å². The lowest BCUT2D eigenvalue weighted by Crippen LogP contribution is -2.32. The Morgan fingerprint density at radius 2 is 2.00 bits per heavy atom. The predicted octanol–water partition coefficient (Wildman–Crippen LogP) is 5.00. The Hall–Kier alpha value is -2.91. The smallest absolute Gasteiger partial charge is 0.253 e. The molecule has 3 rings (SSSR count). The van der Waals surface area contributed by atoms with Crippen LogP contribution in [0.1, 0.15) is 56.0 Å². The van der Waals surface area contributed by atoms with Gasteiger partial charge in [0.05, 0.1) is 23.9 Å². The Balaban J connectivity index is 0.000000410. The van der Waals surface area contributed by atoms with Crippen LogP contribution in [0.25, 0.3) is 11.3 Å². The lowest BCUT2D eigenvalue weighted by Gasteiger charge is -2.11. The van der Waals surface area contributed by atoms with Gasteiger partial charge < -0.3 is 20.2 Å². The van der Waals surface area contributed by atoms with Crippen molar-refractivity contribution >= 4 is 35.7 Å². The molecule has 0 aliphatic carbocycles. The molecule has 1 radical (unpaired) electrons. The Labute approximate surface area is 213 Å². The second kappa shape index (κ2) is 14.5. The molecular weight excluding hydrogens is 459 g/mol. The van der Waals surface area contributed by atoms with Gasteiger partial charge in [0.25, 0.3) is 5.91 Å². The zero-order valence-electron chi connectivity index (χ0n) is 21.2. The summed E-state index contributed by atoms with van der Waals surface area (Å²) in [6.07, 6.45) is 6.44. The van der Waals surface area contributed by atoms with Crippen LogP contribution in [-0.2, 0) is 4.79 Å².